The highest BCUT2D eigenvalue weighted by molar-refractivity contribution is 14.1. The minimum absolute atomic E-state index is 0.117. The first kappa shape index (κ1) is 16.6. The summed E-state index contributed by atoms with van der Waals surface area (Å²) in [5.74, 6) is -1.73. The lowest BCUT2D eigenvalue weighted by Gasteiger charge is -2.14. The Kier molecular flexibility index (Phi) is 5.98. The van der Waals surface area contributed by atoms with Crippen molar-refractivity contribution >= 4 is 34.2 Å². The van der Waals surface area contributed by atoms with E-state index in [1.807, 2.05) is 20.8 Å². The van der Waals surface area contributed by atoms with E-state index in [-0.39, 0.29) is 23.7 Å². The molecule has 0 amide bonds. The van der Waals surface area contributed by atoms with Gasteiger partial charge < -0.3 is 10.2 Å². The van der Waals surface area contributed by atoms with Crippen LogP contribution in [0.1, 0.15) is 40.0 Å². The number of aliphatic hydroxyl groups excluding tert-OH is 2. The molecule has 0 saturated heterocycles. The van der Waals surface area contributed by atoms with Crippen molar-refractivity contribution in [3.63, 3.8) is 0 Å². The summed E-state index contributed by atoms with van der Waals surface area (Å²) >= 11 is 2.25. The van der Waals surface area contributed by atoms with E-state index in [1.54, 1.807) is 0 Å². The third-order valence-corrected chi connectivity index (χ3v) is 3.87. The molecule has 0 spiro atoms. The lowest BCUT2D eigenvalue weighted by Crippen LogP contribution is -2.24. The third kappa shape index (κ3) is 4.02. The van der Waals surface area contributed by atoms with Crippen LogP contribution < -0.4 is 0 Å². The van der Waals surface area contributed by atoms with Crippen LogP contribution >= 0.6 is 22.6 Å². The van der Waals surface area contributed by atoms with E-state index >= 15 is 0 Å². The fourth-order valence-corrected chi connectivity index (χ4v) is 2.60. The first-order valence-electron chi connectivity index (χ1n) is 6.58. The van der Waals surface area contributed by atoms with Crippen molar-refractivity contribution in [1.82, 2.24) is 0 Å². The molecular formula is C14H21IO4. The van der Waals surface area contributed by atoms with Gasteiger partial charge in [-0.3, -0.25) is 9.59 Å². The molecule has 5 heteroatoms. The van der Waals surface area contributed by atoms with Crippen molar-refractivity contribution < 1.29 is 19.8 Å². The first-order chi connectivity index (χ1) is 8.75. The molecule has 0 bridgehead atoms. The molecule has 0 aromatic heterocycles. The van der Waals surface area contributed by atoms with Gasteiger partial charge in [0.05, 0.1) is 5.92 Å². The Morgan fingerprint density at radius 3 is 2.42 bits per heavy atom. The molecule has 0 fully saturated rings. The molecule has 108 valence electrons. The van der Waals surface area contributed by atoms with E-state index in [0.717, 1.165) is 6.42 Å². The van der Waals surface area contributed by atoms with E-state index < -0.39 is 23.6 Å². The first-order valence-corrected chi connectivity index (χ1v) is 7.82. The fraction of sp³-hybridized carbons (Fsp3) is 0.714. The molecule has 0 aromatic carbocycles. The van der Waals surface area contributed by atoms with Gasteiger partial charge >= 0.3 is 0 Å². The van der Waals surface area contributed by atoms with Crippen LogP contribution in [-0.4, -0.2) is 31.8 Å². The Balaban J connectivity index is 2.83. The smallest absolute Gasteiger partial charge is 0.176 e. The number of ketones is 2. The normalized spacial score (nSPS) is 25.3. The van der Waals surface area contributed by atoms with Crippen LogP contribution in [0.5, 0.6) is 0 Å². The quantitative estimate of drug-likeness (QED) is 0.422. The third-order valence-electron chi connectivity index (χ3n) is 3.25. The minimum Gasteiger partial charge on any atom is -0.509 e. The number of alkyl halides is 1. The number of halogens is 1. The average molecular weight is 380 g/mol. The molecule has 4 nitrogen and oxygen atoms in total. The molecular weight excluding hydrogens is 359 g/mol. The van der Waals surface area contributed by atoms with Crippen LogP contribution in [0.15, 0.2) is 11.3 Å². The maximum Gasteiger partial charge on any atom is 0.176 e. The number of allylic oxidation sites excluding steroid dienone is 1. The van der Waals surface area contributed by atoms with E-state index in [4.69, 9.17) is 0 Å². The molecule has 1 rings (SSSR count). The van der Waals surface area contributed by atoms with Crippen molar-refractivity contribution in [2.75, 3.05) is 0 Å². The van der Waals surface area contributed by atoms with E-state index in [2.05, 4.69) is 22.6 Å². The molecule has 0 heterocycles. The van der Waals surface area contributed by atoms with Crippen LogP contribution in [0.25, 0.3) is 0 Å². The van der Waals surface area contributed by atoms with Crippen LogP contribution in [0, 0.1) is 11.8 Å². The molecule has 2 N–H and O–H groups in total. The number of carbonyl (C=O) groups excluding carboxylic acids is 2. The van der Waals surface area contributed by atoms with Gasteiger partial charge in [0.15, 0.2) is 11.6 Å². The molecule has 0 aliphatic heterocycles. The summed E-state index contributed by atoms with van der Waals surface area (Å²) in [5.41, 5.74) is -0.174. The van der Waals surface area contributed by atoms with Crippen LogP contribution in [0.3, 0.4) is 0 Å². The van der Waals surface area contributed by atoms with Gasteiger partial charge in [-0.25, -0.2) is 0 Å². The monoisotopic (exact) mass is 380 g/mol. The Morgan fingerprint density at radius 1 is 1.37 bits per heavy atom. The highest BCUT2D eigenvalue weighted by Crippen LogP contribution is 2.33. The predicted octanol–water partition coefficient (Wildman–Crippen LogP) is 2.58. The zero-order valence-corrected chi connectivity index (χ0v) is 13.7. The number of aliphatic hydroxyl groups is 2. The second-order valence-corrected chi connectivity index (χ2v) is 7.68. The summed E-state index contributed by atoms with van der Waals surface area (Å²) < 4.78 is 0.384. The predicted molar refractivity (Wildman–Crippen MR) is 81.3 cm³/mol. The highest BCUT2D eigenvalue weighted by atomic mass is 127. The summed E-state index contributed by atoms with van der Waals surface area (Å²) in [6, 6.07) is 0. The van der Waals surface area contributed by atoms with Gasteiger partial charge in [0.1, 0.15) is 17.4 Å². The van der Waals surface area contributed by atoms with Gasteiger partial charge in [0.2, 0.25) is 0 Å². The number of hydrogen-bond acceptors (Lipinski definition) is 4. The average Bonchev–Trinajstić information content (AvgIpc) is 2.47. The SMILES string of the molecule is CC(C)CC(=O)C1=C(O)C(O)C(CCC(C)I)C1=O. The largest absolute Gasteiger partial charge is 0.509 e. The fourth-order valence-electron chi connectivity index (χ4n) is 2.24. The maximum atomic E-state index is 12.2. The van der Waals surface area contributed by atoms with Crippen molar-refractivity contribution in [3.05, 3.63) is 11.3 Å². The Bertz CT molecular complexity index is 398. The molecule has 0 saturated carbocycles. The van der Waals surface area contributed by atoms with Crippen LogP contribution in [0.4, 0.5) is 0 Å². The lowest BCUT2D eigenvalue weighted by molar-refractivity contribution is -0.124. The van der Waals surface area contributed by atoms with Gasteiger partial charge in [0.25, 0.3) is 0 Å². The number of carbonyl (C=O) groups is 2. The Hall–Kier alpha value is -0.430. The minimum atomic E-state index is -1.21. The summed E-state index contributed by atoms with van der Waals surface area (Å²) in [5, 5.41) is 19.7. The molecule has 1 aliphatic rings. The zero-order chi connectivity index (χ0) is 14.7. The van der Waals surface area contributed by atoms with Crippen molar-refractivity contribution in [2.24, 2.45) is 11.8 Å². The topological polar surface area (TPSA) is 74.6 Å². The van der Waals surface area contributed by atoms with Crippen molar-refractivity contribution in [2.45, 2.75) is 50.1 Å². The van der Waals surface area contributed by atoms with Gasteiger partial charge in [0, 0.05) is 10.3 Å². The molecule has 0 aromatic rings. The molecule has 3 atom stereocenters. The van der Waals surface area contributed by atoms with Crippen LogP contribution in [0.2, 0.25) is 0 Å². The number of hydrogen-bond donors (Lipinski definition) is 2. The standard InChI is InChI=1S/C14H21IO4/c1-7(2)6-10(16)11-12(17)9(5-4-8(3)15)13(18)14(11)19/h7-9,13,18-19H,4-6H2,1-3H3. The summed E-state index contributed by atoms with van der Waals surface area (Å²) in [6.07, 6.45) is 0.265. The van der Waals surface area contributed by atoms with Gasteiger partial charge in [-0.1, -0.05) is 43.4 Å². The molecule has 3 unspecified atom stereocenters. The number of rotatable bonds is 6. The molecule has 0 radical (unpaired) electrons. The highest BCUT2D eigenvalue weighted by Gasteiger charge is 2.43. The Labute approximate surface area is 127 Å². The van der Waals surface area contributed by atoms with Crippen molar-refractivity contribution in [1.29, 1.82) is 0 Å². The van der Waals surface area contributed by atoms with Gasteiger partial charge in [-0.15, -0.1) is 0 Å². The lowest BCUT2D eigenvalue weighted by atomic mass is 9.93. The Morgan fingerprint density at radius 2 is 1.95 bits per heavy atom. The zero-order valence-electron chi connectivity index (χ0n) is 11.5. The summed E-state index contributed by atoms with van der Waals surface area (Å²) in [4.78, 5) is 24.1. The molecule has 1 aliphatic carbocycles. The summed E-state index contributed by atoms with van der Waals surface area (Å²) in [7, 11) is 0. The van der Waals surface area contributed by atoms with E-state index in [9.17, 15) is 19.8 Å². The maximum absolute atomic E-state index is 12.2. The van der Waals surface area contributed by atoms with E-state index in [0.29, 0.717) is 10.3 Å². The van der Waals surface area contributed by atoms with Gasteiger partial charge in [-0.2, -0.15) is 0 Å². The second-order valence-electron chi connectivity index (χ2n) is 5.56. The van der Waals surface area contributed by atoms with Crippen LogP contribution in [-0.2, 0) is 9.59 Å². The van der Waals surface area contributed by atoms with Gasteiger partial charge in [-0.05, 0) is 18.8 Å². The second kappa shape index (κ2) is 6.83. The number of Topliss-reactive ketones (excluding diaryl/α,β-unsaturated/α-hetero) is 2. The summed E-state index contributed by atoms with van der Waals surface area (Å²) in [6.45, 7) is 5.77. The van der Waals surface area contributed by atoms with Crippen molar-refractivity contribution in [3.8, 4) is 0 Å². The molecule has 19 heavy (non-hydrogen) atoms. The van der Waals surface area contributed by atoms with E-state index in [1.165, 1.54) is 0 Å².